The van der Waals surface area contributed by atoms with Gasteiger partial charge in [0, 0.05) is 35.9 Å². The predicted molar refractivity (Wildman–Crippen MR) is 153 cm³/mol. The maximum absolute atomic E-state index is 14.6. The Morgan fingerprint density at radius 2 is 1.85 bits per heavy atom. The molecule has 1 saturated carbocycles. The van der Waals surface area contributed by atoms with Gasteiger partial charge in [0.15, 0.2) is 16.7 Å². The van der Waals surface area contributed by atoms with Crippen LogP contribution in [-0.4, -0.2) is 45.4 Å². The standard InChI is InChI=1S/C29H24Cl2FN3O5S/c1-29(7-8-29)25-22(24(34-40-25)21-17(30)3-2-4-18(21)31)27(38)39-16-11-14-5-6-15(12-16)35(14)28-33-23-19(32)9-13(26(36)37)10-20(23)41-28/h2-4,9-10,14-16H,5-8,11-12H2,1H3,(H,36,37)/t14-,15-/m0/s1. The van der Waals surface area contributed by atoms with Gasteiger partial charge in [0.25, 0.3) is 0 Å². The van der Waals surface area contributed by atoms with Crippen LogP contribution in [0.15, 0.2) is 34.9 Å². The van der Waals surface area contributed by atoms with E-state index in [1.54, 1.807) is 18.2 Å². The topological polar surface area (TPSA) is 106 Å². The number of piperidine rings is 1. The fraction of sp³-hybridized carbons (Fsp3) is 0.379. The Morgan fingerprint density at radius 3 is 2.49 bits per heavy atom. The second-order valence-electron chi connectivity index (χ2n) is 11.3. The molecule has 0 radical (unpaired) electrons. The minimum absolute atomic E-state index is 0.0505. The Hall–Kier alpha value is -3.21. The number of aromatic nitrogens is 2. The Bertz CT molecular complexity index is 1700. The van der Waals surface area contributed by atoms with Crippen molar-refractivity contribution in [2.75, 3.05) is 4.90 Å². The Kier molecular flexibility index (Phi) is 6.29. The van der Waals surface area contributed by atoms with Crippen LogP contribution in [0.1, 0.15) is 71.9 Å². The van der Waals surface area contributed by atoms with Gasteiger partial charge in [-0.05, 0) is 49.9 Å². The summed E-state index contributed by atoms with van der Waals surface area (Å²) in [4.78, 5) is 31.9. The average molecular weight is 616 g/mol. The van der Waals surface area contributed by atoms with E-state index in [1.807, 2.05) is 6.92 Å². The Labute approximate surface area is 248 Å². The van der Waals surface area contributed by atoms with Gasteiger partial charge in [0.2, 0.25) is 0 Å². The molecule has 2 saturated heterocycles. The maximum atomic E-state index is 14.6. The summed E-state index contributed by atoms with van der Waals surface area (Å²) in [6, 6.07) is 7.66. The van der Waals surface area contributed by atoms with Gasteiger partial charge < -0.3 is 19.3 Å². The number of carboxylic acids is 1. The van der Waals surface area contributed by atoms with E-state index in [2.05, 4.69) is 15.0 Å². The van der Waals surface area contributed by atoms with Crippen LogP contribution < -0.4 is 4.90 Å². The normalized spacial score (nSPS) is 22.7. The number of esters is 1. The number of carbonyl (C=O) groups excluding carboxylic acids is 1. The number of nitrogens with zero attached hydrogens (tertiary/aromatic N) is 3. The zero-order valence-corrected chi connectivity index (χ0v) is 24.2. The first kappa shape index (κ1) is 26.7. The van der Waals surface area contributed by atoms with E-state index in [1.165, 1.54) is 17.4 Å². The number of benzene rings is 2. The molecule has 4 heterocycles. The smallest absolute Gasteiger partial charge is 0.344 e. The maximum Gasteiger partial charge on any atom is 0.344 e. The third kappa shape index (κ3) is 4.47. The van der Waals surface area contributed by atoms with E-state index in [4.69, 9.17) is 32.5 Å². The van der Waals surface area contributed by atoms with E-state index in [9.17, 15) is 19.1 Å². The number of hydrogen-bond donors (Lipinski definition) is 1. The zero-order valence-electron chi connectivity index (χ0n) is 21.8. The van der Waals surface area contributed by atoms with Crippen LogP contribution in [0.4, 0.5) is 9.52 Å². The lowest BCUT2D eigenvalue weighted by Gasteiger charge is -2.38. The Balaban J connectivity index is 1.15. The highest BCUT2D eigenvalue weighted by Gasteiger charge is 2.49. The average Bonchev–Trinajstić information content (AvgIpc) is 3.23. The lowest BCUT2D eigenvalue weighted by Crippen LogP contribution is -2.46. The van der Waals surface area contributed by atoms with Crippen molar-refractivity contribution < 1.29 is 28.3 Å². The van der Waals surface area contributed by atoms with Crippen molar-refractivity contribution in [1.82, 2.24) is 10.1 Å². The molecule has 2 aromatic heterocycles. The lowest BCUT2D eigenvalue weighted by atomic mass is 9.97. The molecule has 0 unspecified atom stereocenters. The van der Waals surface area contributed by atoms with Crippen molar-refractivity contribution in [3.63, 3.8) is 0 Å². The van der Waals surface area contributed by atoms with Gasteiger partial charge in [0.05, 0.1) is 20.3 Å². The van der Waals surface area contributed by atoms with Crippen LogP contribution in [-0.2, 0) is 10.2 Å². The largest absolute Gasteiger partial charge is 0.478 e. The van der Waals surface area contributed by atoms with Crippen LogP contribution in [0.3, 0.4) is 0 Å². The summed E-state index contributed by atoms with van der Waals surface area (Å²) in [6.45, 7) is 2.03. The molecule has 3 aliphatic rings. The predicted octanol–water partition coefficient (Wildman–Crippen LogP) is 7.50. The molecular weight excluding hydrogens is 592 g/mol. The van der Waals surface area contributed by atoms with Crippen LogP contribution in [0.25, 0.3) is 21.5 Å². The molecule has 0 amide bonds. The minimum atomic E-state index is -1.19. The number of halogens is 3. The van der Waals surface area contributed by atoms with Gasteiger partial charge in [-0.2, -0.15) is 0 Å². The highest BCUT2D eigenvalue weighted by Crippen LogP contribution is 2.51. The van der Waals surface area contributed by atoms with E-state index in [0.29, 0.717) is 44.0 Å². The number of anilines is 1. The van der Waals surface area contributed by atoms with Gasteiger partial charge in [0.1, 0.15) is 22.9 Å². The van der Waals surface area contributed by atoms with Crippen molar-refractivity contribution in [3.8, 4) is 11.3 Å². The highest BCUT2D eigenvalue weighted by molar-refractivity contribution is 7.22. The van der Waals surface area contributed by atoms with Gasteiger partial charge in [-0.15, -0.1) is 0 Å². The van der Waals surface area contributed by atoms with Crippen LogP contribution in [0, 0.1) is 5.82 Å². The van der Waals surface area contributed by atoms with E-state index >= 15 is 0 Å². The molecule has 2 aliphatic heterocycles. The van der Waals surface area contributed by atoms with Crippen molar-refractivity contribution in [3.05, 3.63) is 63.1 Å². The quantitative estimate of drug-likeness (QED) is 0.222. The first-order valence-electron chi connectivity index (χ1n) is 13.4. The second-order valence-corrected chi connectivity index (χ2v) is 13.1. The van der Waals surface area contributed by atoms with Crippen molar-refractivity contribution in [1.29, 1.82) is 0 Å². The van der Waals surface area contributed by atoms with E-state index < -0.39 is 17.8 Å². The van der Waals surface area contributed by atoms with Crippen LogP contribution in [0.5, 0.6) is 0 Å². The van der Waals surface area contributed by atoms with Crippen molar-refractivity contribution >= 4 is 61.8 Å². The summed E-state index contributed by atoms with van der Waals surface area (Å²) in [5.74, 6) is -1.86. The molecule has 0 spiro atoms. The molecule has 2 bridgehead atoms. The SMILES string of the molecule is CC1(c2onc(-c3c(Cl)cccc3Cl)c2C(=O)OC2C[C@@H]3CC[C@@H](C2)N3c2nc3c(F)cc(C(=O)O)cc3s2)CC1. The molecule has 41 heavy (non-hydrogen) atoms. The summed E-state index contributed by atoms with van der Waals surface area (Å²) >= 11 is 14.2. The third-order valence-electron chi connectivity index (χ3n) is 8.51. The number of ether oxygens (including phenoxy) is 1. The van der Waals surface area contributed by atoms with Crippen molar-refractivity contribution in [2.24, 2.45) is 0 Å². The number of carboxylic acid groups (broad SMARTS) is 1. The molecule has 4 aromatic rings. The fourth-order valence-corrected chi connectivity index (χ4v) is 7.90. The van der Waals surface area contributed by atoms with E-state index in [-0.39, 0.29) is 45.9 Å². The van der Waals surface area contributed by atoms with Crippen molar-refractivity contribution in [2.45, 2.75) is 69.1 Å². The summed E-state index contributed by atoms with van der Waals surface area (Å²) in [5.41, 5.74) is 0.757. The number of rotatable bonds is 6. The molecule has 12 heteroatoms. The fourth-order valence-electron chi connectivity index (χ4n) is 6.16. The Morgan fingerprint density at radius 1 is 1.17 bits per heavy atom. The van der Waals surface area contributed by atoms with Gasteiger partial charge in [-0.25, -0.2) is 19.0 Å². The van der Waals surface area contributed by atoms with E-state index in [0.717, 1.165) is 31.7 Å². The summed E-state index contributed by atoms with van der Waals surface area (Å²) < 4.78 is 27.0. The molecule has 1 N–H and O–H groups in total. The highest BCUT2D eigenvalue weighted by atomic mass is 35.5. The number of aromatic carboxylic acids is 1. The number of fused-ring (bicyclic) bond motifs is 3. The molecule has 2 atom stereocenters. The summed E-state index contributed by atoms with van der Waals surface area (Å²) in [5, 5.41) is 14.9. The first-order chi connectivity index (χ1) is 19.6. The molecule has 8 nitrogen and oxygen atoms in total. The molecule has 7 rings (SSSR count). The summed E-state index contributed by atoms with van der Waals surface area (Å²) in [6.07, 6.45) is 4.34. The van der Waals surface area contributed by atoms with Crippen LogP contribution in [0.2, 0.25) is 10.0 Å². The molecule has 1 aliphatic carbocycles. The minimum Gasteiger partial charge on any atom is -0.478 e. The zero-order chi connectivity index (χ0) is 28.6. The molecule has 2 aromatic carbocycles. The monoisotopic (exact) mass is 615 g/mol. The second kappa shape index (κ2) is 9.68. The molecular formula is C29H24Cl2FN3O5S. The number of hydrogen-bond acceptors (Lipinski definition) is 8. The van der Waals surface area contributed by atoms with Gasteiger partial charge >= 0.3 is 11.9 Å². The lowest BCUT2D eigenvalue weighted by molar-refractivity contribution is 0.0201. The van der Waals surface area contributed by atoms with Gasteiger partial charge in [-0.1, -0.05) is 52.7 Å². The third-order valence-corrected chi connectivity index (χ3v) is 10.2. The number of thiazole rings is 1. The number of carbonyl (C=O) groups is 2. The molecule has 3 fully saturated rings. The first-order valence-corrected chi connectivity index (χ1v) is 15.0. The van der Waals surface area contributed by atoms with Crippen LogP contribution >= 0.6 is 34.5 Å². The summed E-state index contributed by atoms with van der Waals surface area (Å²) in [7, 11) is 0. The van der Waals surface area contributed by atoms with Gasteiger partial charge in [-0.3, -0.25) is 0 Å². The molecule has 212 valence electrons.